The molecule has 1 fully saturated rings. The van der Waals surface area contributed by atoms with Crippen molar-refractivity contribution in [1.82, 2.24) is 0 Å². The van der Waals surface area contributed by atoms with Crippen LogP contribution >= 0.6 is 0 Å². The van der Waals surface area contributed by atoms with Crippen LogP contribution in [-0.2, 0) is 5.41 Å². The molecule has 0 amide bonds. The predicted molar refractivity (Wildman–Crippen MR) is 69.1 cm³/mol. The second kappa shape index (κ2) is 5.33. The maximum Gasteiger partial charge on any atom is 0.263 e. The Hall–Kier alpha value is -1.36. The minimum atomic E-state index is -2.53. The summed E-state index contributed by atoms with van der Waals surface area (Å²) in [7, 11) is 2.97. The van der Waals surface area contributed by atoms with E-state index in [4.69, 9.17) is 15.2 Å². The molecule has 0 heterocycles. The standard InChI is InChI=1S/C14H19F2NO2/c1-18-11-7-9(13(15)16)6-10(12(11)19-2)14(8-17)4-3-5-14/h6-7,13H,3-5,8,17H2,1-2H3. The van der Waals surface area contributed by atoms with Crippen LogP contribution < -0.4 is 15.2 Å². The van der Waals surface area contributed by atoms with Crippen molar-refractivity contribution in [2.75, 3.05) is 20.8 Å². The molecule has 0 atom stereocenters. The number of ether oxygens (including phenoxy) is 2. The molecule has 106 valence electrons. The molecule has 2 N–H and O–H groups in total. The van der Waals surface area contributed by atoms with Gasteiger partial charge in [0.2, 0.25) is 0 Å². The first-order valence-corrected chi connectivity index (χ1v) is 6.32. The zero-order valence-electron chi connectivity index (χ0n) is 11.2. The van der Waals surface area contributed by atoms with E-state index in [-0.39, 0.29) is 11.0 Å². The smallest absolute Gasteiger partial charge is 0.263 e. The van der Waals surface area contributed by atoms with Crippen LogP contribution in [0.15, 0.2) is 12.1 Å². The molecule has 0 radical (unpaired) electrons. The molecule has 0 unspecified atom stereocenters. The Morgan fingerprint density at radius 2 is 1.95 bits per heavy atom. The number of halogens is 2. The number of nitrogens with two attached hydrogens (primary N) is 1. The molecule has 1 aliphatic carbocycles. The highest BCUT2D eigenvalue weighted by Gasteiger charge is 2.41. The van der Waals surface area contributed by atoms with Gasteiger partial charge in [-0.3, -0.25) is 0 Å². The molecular weight excluding hydrogens is 252 g/mol. The summed E-state index contributed by atoms with van der Waals surface area (Å²) in [6.45, 7) is 0.430. The van der Waals surface area contributed by atoms with Crippen molar-refractivity contribution in [3.8, 4) is 11.5 Å². The van der Waals surface area contributed by atoms with E-state index in [0.29, 0.717) is 18.0 Å². The first-order valence-electron chi connectivity index (χ1n) is 6.32. The van der Waals surface area contributed by atoms with Gasteiger partial charge in [-0.25, -0.2) is 8.78 Å². The second-order valence-corrected chi connectivity index (χ2v) is 4.94. The Bertz CT molecular complexity index is 453. The Morgan fingerprint density at radius 3 is 2.32 bits per heavy atom. The molecule has 1 aromatic rings. The minimum Gasteiger partial charge on any atom is -0.493 e. The quantitative estimate of drug-likeness (QED) is 0.895. The largest absolute Gasteiger partial charge is 0.493 e. The fourth-order valence-electron chi connectivity index (χ4n) is 2.69. The van der Waals surface area contributed by atoms with E-state index in [0.717, 1.165) is 24.8 Å². The highest BCUT2D eigenvalue weighted by molar-refractivity contribution is 5.54. The SMILES string of the molecule is COc1cc(C(F)F)cc(C2(CN)CCC2)c1OC. The summed E-state index contributed by atoms with van der Waals surface area (Å²) in [5, 5.41) is 0. The van der Waals surface area contributed by atoms with Crippen molar-refractivity contribution >= 4 is 0 Å². The molecule has 1 aromatic carbocycles. The van der Waals surface area contributed by atoms with Gasteiger partial charge in [0, 0.05) is 23.1 Å². The van der Waals surface area contributed by atoms with E-state index in [1.54, 1.807) is 0 Å². The van der Waals surface area contributed by atoms with E-state index < -0.39 is 6.43 Å². The van der Waals surface area contributed by atoms with Gasteiger partial charge in [-0.1, -0.05) is 6.42 Å². The Labute approximate surface area is 111 Å². The monoisotopic (exact) mass is 271 g/mol. The molecule has 1 aliphatic rings. The van der Waals surface area contributed by atoms with Gasteiger partial charge >= 0.3 is 0 Å². The third kappa shape index (κ3) is 2.27. The van der Waals surface area contributed by atoms with Gasteiger partial charge in [0.1, 0.15) is 0 Å². The third-order valence-corrected chi connectivity index (χ3v) is 4.03. The van der Waals surface area contributed by atoms with E-state index in [9.17, 15) is 8.78 Å². The van der Waals surface area contributed by atoms with Gasteiger partial charge in [0.25, 0.3) is 6.43 Å². The number of alkyl halides is 2. The molecule has 0 aromatic heterocycles. The van der Waals surface area contributed by atoms with Crippen molar-refractivity contribution in [2.45, 2.75) is 31.1 Å². The zero-order valence-corrected chi connectivity index (χ0v) is 11.2. The number of hydrogen-bond acceptors (Lipinski definition) is 3. The van der Waals surface area contributed by atoms with E-state index >= 15 is 0 Å². The summed E-state index contributed by atoms with van der Waals surface area (Å²) in [4.78, 5) is 0. The van der Waals surface area contributed by atoms with E-state index in [2.05, 4.69) is 0 Å². The van der Waals surface area contributed by atoms with Crippen LogP contribution in [0.25, 0.3) is 0 Å². The van der Waals surface area contributed by atoms with Gasteiger partial charge in [0.15, 0.2) is 11.5 Å². The second-order valence-electron chi connectivity index (χ2n) is 4.94. The molecule has 0 bridgehead atoms. The molecule has 19 heavy (non-hydrogen) atoms. The lowest BCUT2D eigenvalue weighted by Crippen LogP contribution is -2.41. The number of methoxy groups -OCH3 is 2. The highest BCUT2D eigenvalue weighted by atomic mass is 19.3. The summed E-state index contributed by atoms with van der Waals surface area (Å²) in [5.41, 5.74) is 6.31. The highest BCUT2D eigenvalue weighted by Crippen LogP contribution is 2.50. The summed E-state index contributed by atoms with van der Waals surface area (Å²) >= 11 is 0. The van der Waals surface area contributed by atoms with Crippen LogP contribution in [-0.4, -0.2) is 20.8 Å². The predicted octanol–water partition coefficient (Wildman–Crippen LogP) is 3.02. The van der Waals surface area contributed by atoms with Gasteiger partial charge in [-0.2, -0.15) is 0 Å². The Balaban J connectivity index is 2.59. The molecule has 3 nitrogen and oxygen atoms in total. The molecule has 5 heteroatoms. The van der Waals surface area contributed by atoms with Crippen LogP contribution in [0.4, 0.5) is 8.78 Å². The van der Waals surface area contributed by atoms with Gasteiger partial charge in [0.05, 0.1) is 14.2 Å². The lowest BCUT2D eigenvalue weighted by molar-refractivity contribution is 0.150. The Morgan fingerprint density at radius 1 is 1.26 bits per heavy atom. The van der Waals surface area contributed by atoms with Gasteiger partial charge in [-0.05, 0) is 25.0 Å². The van der Waals surface area contributed by atoms with Crippen molar-refractivity contribution in [3.05, 3.63) is 23.3 Å². The van der Waals surface area contributed by atoms with E-state index in [1.165, 1.54) is 26.4 Å². The zero-order chi connectivity index (χ0) is 14.0. The summed E-state index contributed by atoms with van der Waals surface area (Å²) in [6.07, 6.45) is 0.320. The maximum absolute atomic E-state index is 13.0. The van der Waals surface area contributed by atoms with Crippen LogP contribution in [0.3, 0.4) is 0 Å². The lowest BCUT2D eigenvalue weighted by Gasteiger charge is -2.42. The first-order chi connectivity index (χ1) is 9.07. The maximum atomic E-state index is 13.0. The summed E-state index contributed by atoms with van der Waals surface area (Å²) in [5.74, 6) is 0.868. The van der Waals surface area contributed by atoms with Crippen LogP contribution in [0, 0.1) is 0 Å². The van der Waals surface area contributed by atoms with Crippen LogP contribution in [0.2, 0.25) is 0 Å². The molecule has 0 spiro atoms. The number of benzene rings is 1. The summed E-state index contributed by atoms with van der Waals surface area (Å²) < 4.78 is 36.5. The number of rotatable bonds is 5. The van der Waals surface area contributed by atoms with Crippen molar-refractivity contribution in [1.29, 1.82) is 0 Å². The van der Waals surface area contributed by atoms with Crippen molar-refractivity contribution in [2.24, 2.45) is 5.73 Å². The fraction of sp³-hybridized carbons (Fsp3) is 0.571. The first kappa shape index (κ1) is 14.1. The molecule has 1 saturated carbocycles. The molecule has 0 saturated heterocycles. The number of hydrogen-bond donors (Lipinski definition) is 1. The van der Waals surface area contributed by atoms with Crippen LogP contribution in [0.5, 0.6) is 11.5 Å². The average molecular weight is 271 g/mol. The lowest BCUT2D eigenvalue weighted by atomic mass is 9.64. The van der Waals surface area contributed by atoms with E-state index in [1.807, 2.05) is 0 Å². The topological polar surface area (TPSA) is 44.5 Å². The molecule has 2 rings (SSSR count). The summed E-state index contributed by atoms with van der Waals surface area (Å²) in [6, 6.07) is 2.84. The average Bonchev–Trinajstić information content (AvgIpc) is 2.37. The normalized spacial score (nSPS) is 17.2. The van der Waals surface area contributed by atoms with Gasteiger partial charge < -0.3 is 15.2 Å². The molecule has 0 aliphatic heterocycles. The molecular formula is C14H19F2NO2. The fourth-order valence-corrected chi connectivity index (χ4v) is 2.69. The van der Waals surface area contributed by atoms with Crippen molar-refractivity contribution in [3.63, 3.8) is 0 Å². The van der Waals surface area contributed by atoms with Crippen LogP contribution in [0.1, 0.15) is 36.8 Å². The third-order valence-electron chi connectivity index (χ3n) is 4.03. The van der Waals surface area contributed by atoms with Crippen molar-refractivity contribution < 1.29 is 18.3 Å². The Kier molecular flexibility index (Phi) is 3.94. The minimum absolute atomic E-state index is 0.0487. The van der Waals surface area contributed by atoms with Gasteiger partial charge in [-0.15, -0.1) is 0 Å².